The van der Waals surface area contributed by atoms with Crippen LogP contribution >= 0.6 is 11.3 Å². The molecule has 4 rings (SSSR count). The van der Waals surface area contributed by atoms with Gasteiger partial charge < -0.3 is 4.90 Å². The first-order valence-corrected chi connectivity index (χ1v) is 13.6. The van der Waals surface area contributed by atoms with Crippen LogP contribution < -0.4 is 4.31 Å². The zero-order chi connectivity index (χ0) is 25.2. The lowest BCUT2D eigenvalue weighted by atomic mass is 9.87. The second-order valence-electron chi connectivity index (χ2n) is 9.26. The third-order valence-corrected chi connectivity index (χ3v) is 8.40. The van der Waals surface area contributed by atoms with Crippen molar-refractivity contribution in [1.82, 2.24) is 20.1 Å². The Balaban J connectivity index is 1.71. The van der Waals surface area contributed by atoms with E-state index >= 15 is 0 Å². The third-order valence-electron chi connectivity index (χ3n) is 5.84. The maximum atomic E-state index is 13.9. The van der Waals surface area contributed by atoms with Gasteiger partial charge in [-0.05, 0) is 48.2 Å². The molecule has 35 heavy (non-hydrogen) atoms. The number of hydrogen-bond acceptors (Lipinski definition) is 6. The quantitative estimate of drug-likeness (QED) is 0.374. The average molecular weight is 512 g/mol. The number of H-pyrrole nitrogens is 1. The molecule has 0 radical (unpaired) electrons. The molecule has 0 atom stereocenters. The van der Waals surface area contributed by atoms with Crippen molar-refractivity contribution in [2.75, 3.05) is 17.4 Å². The van der Waals surface area contributed by atoms with Crippen molar-refractivity contribution < 1.29 is 13.2 Å². The van der Waals surface area contributed by atoms with E-state index in [1.165, 1.54) is 15.6 Å². The van der Waals surface area contributed by atoms with Crippen molar-refractivity contribution in [1.29, 1.82) is 0 Å². The summed E-state index contributed by atoms with van der Waals surface area (Å²) in [7, 11) is -4.03. The van der Waals surface area contributed by atoms with Crippen LogP contribution in [0.2, 0.25) is 0 Å². The fourth-order valence-corrected chi connectivity index (χ4v) is 5.78. The molecule has 1 amide bonds. The molecule has 1 N–H and O–H groups in total. The van der Waals surface area contributed by atoms with Gasteiger partial charge in [-0.25, -0.2) is 13.4 Å². The van der Waals surface area contributed by atoms with Gasteiger partial charge in [0.05, 0.1) is 28.8 Å². The Hall–Kier alpha value is -3.24. The normalized spacial score (nSPS) is 12.1. The molecule has 4 aromatic rings. The summed E-state index contributed by atoms with van der Waals surface area (Å²) in [5.74, 6) is -0.303. The van der Waals surface area contributed by atoms with Crippen LogP contribution in [-0.4, -0.2) is 47.5 Å². The maximum Gasteiger partial charge on any atom is 0.264 e. The summed E-state index contributed by atoms with van der Waals surface area (Å²) in [5, 5.41) is 10.4. The molecule has 0 saturated heterocycles. The molecule has 2 aromatic heterocycles. The van der Waals surface area contributed by atoms with E-state index in [-0.39, 0.29) is 22.8 Å². The first-order valence-electron chi connectivity index (χ1n) is 11.3. The van der Waals surface area contributed by atoms with E-state index < -0.39 is 10.0 Å². The van der Waals surface area contributed by atoms with Crippen molar-refractivity contribution in [3.63, 3.8) is 0 Å². The largest absolute Gasteiger partial charge is 0.335 e. The molecule has 8 nitrogen and oxygen atoms in total. The van der Waals surface area contributed by atoms with Gasteiger partial charge in [-0.15, -0.1) is 11.3 Å². The molecule has 184 valence electrons. The number of nitrogens with zero attached hydrogens (tertiary/aromatic N) is 4. The molecule has 2 heterocycles. The number of anilines is 1. The summed E-state index contributed by atoms with van der Waals surface area (Å²) in [6, 6.07) is 12.1. The van der Waals surface area contributed by atoms with E-state index in [9.17, 15) is 13.2 Å². The molecule has 0 aliphatic heterocycles. The Morgan fingerprint density at radius 3 is 2.49 bits per heavy atom. The van der Waals surface area contributed by atoms with E-state index in [4.69, 9.17) is 0 Å². The fourth-order valence-electron chi connectivity index (χ4n) is 3.74. The van der Waals surface area contributed by atoms with Crippen molar-refractivity contribution >= 4 is 43.9 Å². The van der Waals surface area contributed by atoms with E-state index in [1.54, 1.807) is 47.6 Å². The molecule has 0 spiro atoms. The zero-order valence-corrected chi connectivity index (χ0v) is 21.9. The van der Waals surface area contributed by atoms with Gasteiger partial charge in [0.1, 0.15) is 11.6 Å². The van der Waals surface area contributed by atoms with Crippen molar-refractivity contribution in [3.05, 3.63) is 70.8 Å². The summed E-state index contributed by atoms with van der Waals surface area (Å²) >= 11 is 1.46. The Labute approximate surface area is 209 Å². The number of carbonyl (C=O) groups is 1. The SMILES string of the molecule is CCN(Cc1nccs1)C(=O)CN(c1ccc2cn[nH]c2c1)S(=O)(=O)c1ccc(C(C)(C)C)cc1. The number of aromatic nitrogens is 3. The number of fused-ring (bicyclic) bond motifs is 1. The number of likely N-dealkylation sites (N-methyl/N-ethyl adjacent to an activating group) is 1. The lowest BCUT2D eigenvalue weighted by Gasteiger charge is -2.28. The Kier molecular flexibility index (Phi) is 6.95. The average Bonchev–Trinajstić information content (AvgIpc) is 3.51. The maximum absolute atomic E-state index is 13.9. The van der Waals surface area contributed by atoms with Gasteiger partial charge in [-0.3, -0.25) is 14.2 Å². The minimum atomic E-state index is -4.03. The number of nitrogens with one attached hydrogen (secondary N) is 1. The highest BCUT2D eigenvalue weighted by Crippen LogP contribution is 2.29. The Bertz CT molecular complexity index is 1410. The van der Waals surface area contributed by atoms with Crippen LogP contribution in [0.1, 0.15) is 38.3 Å². The smallest absolute Gasteiger partial charge is 0.264 e. The predicted molar refractivity (Wildman–Crippen MR) is 139 cm³/mol. The van der Waals surface area contributed by atoms with Crippen molar-refractivity contribution in [2.24, 2.45) is 0 Å². The van der Waals surface area contributed by atoms with Crippen LogP contribution in [0.15, 0.2) is 65.1 Å². The lowest BCUT2D eigenvalue weighted by molar-refractivity contribution is -0.129. The second-order valence-corrected chi connectivity index (χ2v) is 12.1. The van der Waals surface area contributed by atoms with Gasteiger partial charge in [0, 0.05) is 23.5 Å². The van der Waals surface area contributed by atoms with E-state index in [0.717, 1.165) is 16.0 Å². The number of aromatic amines is 1. The summed E-state index contributed by atoms with van der Waals surface area (Å²) in [6.07, 6.45) is 3.36. The minimum absolute atomic E-state index is 0.110. The molecule has 0 fully saturated rings. The lowest BCUT2D eigenvalue weighted by Crippen LogP contribution is -2.42. The predicted octanol–water partition coefficient (Wildman–Crippen LogP) is 4.56. The van der Waals surface area contributed by atoms with Gasteiger partial charge in [0.15, 0.2) is 0 Å². The number of benzene rings is 2. The summed E-state index contributed by atoms with van der Waals surface area (Å²) in [4.78, 5) is 19.3. The van der Waals surface area contributed by atoms with E-state index in [1.807, 2.05) is 24.4 Å². The van der Waals surface area contributed by atoms with Crippen molar-refractivity contribution in [2.45, 2.75) is 44.6 Å². The first kappa shape index (κ1) is 24.9. The number of sulfonamides is 1. The number of carbonyl (C=O) groups excluding carboxylic acids is 1. The second kappa shape index (κ2) is 9.79. The molecule has 0 aliphatic carbocycles. The Morgan fingerprint density at radius 1 is 1.11 bits per heavy atom. The van der Waals surface area contributed by atoms with Crippen LogP contribution in [0, 0.1) is 0 Å². The van der Waals surface area contributed by atoms with Gasteiger partial charge in [-0.2, -0.15) is 5.10 Å². The van der Waals surface area contributed by atoms with Crippen LogP contribution in [0.25, 0.3) is 10.9 Å². The highest BCUT2D eigenvalue weighted by molar-refractivity contribution is 7.92. The van der Waals surface area contributed by atoms with Gasteiger partial charge in [0.25, 0.3) is 10.0 Å². The topological polar surface area (TPSA) is 99.3 Å². The zero-order valence-electron chi connectivity index (χ0n) is 20.2. The van der Waals surface area contributed by atoms with Crippen molar-refractivity contribution in [3.8, 4) is 0 Å². The molecule has 0 bridgehead atoms. The molecule has 0 unspecified atom stereocenters. The van der Waals surface area contributed by atoms with Crippen LogP contribution in [0.3, 0.4) is 0 Å². The van der Waals surface area contributed by atoms with Gasteiger partial charge in [-0.1, -0.05) is 32.9 Å². The van der Waals surface area contributed by atoms with E-state index in [2.05, 4.69) is 36.0 Å². The van der Waals surface area contributed by atoms with E-state index in [0.29, 0.717) is 24.3 Å². The highest BCUT2D eigenvalue weighted by atomic mass is 32.2. The monoisotopic (exact) mass is 511 g/mol. The third kappa shape index (κ3) is 5.38. The summed E-state index contributed by atoms with van der Waals surface area (Å²) in [6.45, 7) is 8.52. The summed E-state index contributed by atoms with van der Waals surface area (Å²) < 4.78 is 28.9. The highest BCUT2D eigenvalue weighted by Gasteiger charge is 2.30. The first-order chi connectivity index (χ1) is 16.6. The van der Waals surface area contributed by atoms with Gasteiger partial charge >= 0.3 is 0 Å². The fraction of sp³-hybridized carbons (Fsp3) is 0.320. The molecule has 0 saturated carbocycles. The Morgan fingerprint density at radius 2 is 1.86 bits per heavy atom. The number of rotatable bonds is 8. The number of thiazole rings is 1. The standard InChI is InChI=1S/C25H29N5O3S2/c1-5-29(16-23-26-12-13-34-23)24(31)17-30(20-9-6-18-15-27-28-22(18)14-20)35(32,33)21-10-7-19(8-11-21)25(2,3)4/h6-15H,5,16-17H2,1-4H3,(H,27,28). The molecule has 2 aromatic carbocycles. The molecule has 10 heteroatoms. The number of amides is 1. The molecule has 0 aliphatic rings. The van der Waals surface area contributed by atoms with Crippen LogP contribution in [0.4, 0.5) is 5.69 Å². The minimum Gasteiger partial charge on any atom is -0.335 e. The van der Waals surface area contributed by atoms with Crippen LogP contribution in [0.5, 0.6) is 0 Å². The number of hydrogen-bond donors (Lipinski definition) is 1. The summed E-state index contributed by atoms with van der Waals surface area (Å²) in [5.41, 5.74) is 1.99. The molecular formula is C25H29N5O3S2. The van der Waals surface area contributed by atoms with Gasteiger partial charge in [0.2, 0.25) is 5.91 Å². The molecular weight excluding hydrogens is 482 g/mol. The van der Waals surface area contributed by atoms with Crippen LogP contribution in [-0.2, 0) is 26.8 Å².